The molecule has 0 bridgehead atoms. The first kappa shape index (κ1) is 26.4. The number of H-pyrrole nitrogens is 1. The van der Waals surface area contributed by atoms with Crippen LogP contribution < -0.4 is 10.3 Å². The van der Waals surface area contributed by atoms with Gasteiger partial charge >= 0.3 is 0 Å². The Hall–Kier alpha value is -3.25. The van der Waals surface area contributed by atoms with Crippen molar-refractivity contribution in [2.45, 2.75) is 57.2 Å². The molecule has 2 aromatic heterocycles. The van der Waals surface area contributed by atoms with Crippen molar-refractivity contribution in [3.8, 4) is 11.4 Å². The SMILES string of the molecule is CO[C@@H]1c2cc(-n3[nH]c4ccccc4c3=O)ccc2O[C@H](C(CCn2cc(CCO)nn2)[Si](C)(C)O)[C@H]1C. The van der Waals surface area contributed by atoms with E-state index in [2.05, 4.69) is 22.3 Å². The van der Waals surface area contributed by atoms with Crippen molar-refractivity contribution in [1.82, 2.24) is 24.8 Å². The topological polar surface area (TPSA) is 127 Å². The molecule has 1 aliphatic rings. The number of aromatic nitrogens is 5. The van der Waals surface area contributed by atoms with Crippen molar-refractivity contribution in [2.75, 3.05) is 13.7 Å². The number of hydrogen-bond acceptors (Lipinski definition) is 7. The fourth-order valence-corrected chi connectivity index (χ4v) is 7.62. The molecular formula is C27H35N5O5Si. The molecule has 10 nitrogen and oxygen atoms in total. The third-order valence-corrected chi connectivity index (χ3v) is 10.0. The van der Waals surface area contributed by atoms with Crippen LogP contribution >= 0.6 is 0 Å². The van der Waals surface area contributed by atoms with Gasteiger partial charge in [-0.25, -0.2) is 4.68 Å². The molecule has 0 saturated heterocycles. The summed E-state index contributed by atoms with van der Waals surface area (Å²) < 4.78 is 15.9. The number of nitrogens with zero attached hydrogens (tertiary/aromatic N) is 4. The molecule has 0 amide bonds. The third-order valence-electron chi connectivity index (χ3n) is 7.59. The van der Waals surface area contributed by atoms with E-state index < -0.39 is 8.32 Å². The summed E-state index contributed by atoms with van der Waals surface area (Å²) in [5.74, 6) is 0.647. The lowest BCUT2D eigenvalue weighted by Gasteiger charge is -2.43. The van der Waals surface area contributed by atoms with E-state index in [0.29, 0.717) is 36.2 Å². The zero-order valence-electron chi connectivity index (χ0n) is 22.2. The van der Waals surface area contributed by atoms with E-state index in [1.165, 1.54) is 0 Å². The Labute approximate surface area is 221 Å². The summed E-state index contributed by atoms with van der Waals surface area (Å²) in [6.07, 6.45) is 2.43. The van der Waals surface area contributed by atoms with Crippen LogP contribution in [-0.4, -0.2) is 62.8 Å². The maximum Gasteiger partial charge on any atom is 0.279 e. The first-order valence-corrected chi connectivity index (χ1v) is 16.0. The predicted octanol–water partition coefficient (Wildman–Crippen LogP) is 3.19. The number of nitrogens with one attached hydrogen (secondary N) is 1. The van der Waals surface area contributed by atoms with Crippen molar-refractivity contribution in [2.24, 2.45) is 5.92 Å². The summed E-state index contributed by atoms with van der Waals surface area (Å²) in [4.78, 5) is 24.3. The minimum absolute atomic E-state index is 0.0276. The van der Waals surface area contributed by atoms with Crippen LogP contribution in [0.25, 0.3) is 16.6 Å². The number of fused-ring (bicyclic) bond motifs is 2. The van der Waals surface area contributed by atoms with Crippen LogP contribution in [0.15, 0.2) is 53.5 Å². The van der Waals surface area contributed by atoms with Crippen LogP contribution in [0.1, 0.15) is 30.7 Å². The number of ether oxygens (including phenoxy) is 2. The summed E-state index contributed by atoms with van der Waals surface area (Å²) in [5.41, 5.74) is 2.90. The second-order valence-electron chi connectivity index (χ2n) is 10.6. The van der Waals surface area contributed by atoms with Gasteiger partial charge < -0.3 is 19.4 Å². The van der Waals surface area contributed by atoms with Crippen molar-refractivity contribution in [1.29, 1.82) is 0 Å². The van der Waals surface area contributed by atoms with Gasteiger partial charge in [-0.1, -0.05) is 24.3 Å². The third kappa shape index (κ3) is 4.94. The molecule has 1 unspecified atom stereocenters. The molecule has 0 aliphatic carbocycles. The van der Waals surface area contributed by atoms with E-state index in [4.69, 9.17) is 14.6 Å². The van der Waals surface area contributed by atoms with E-state index in [1.54, 1.807) is 16.5 Å². The van der Waals surface area contributed by atoms with Gasteiger partial charge in [-0.05, 0) is 49.8 Å². The van der Waals surface area contributed by atoms with E-state index in [0.717, 1.165) is 16.8 Å². The van der Waals surface area contributed by atoms with Gasteiger partial charge in [0.2, 0.25) is 0 Å². The normalized spacial score (nSPS) is 20.3. The first-order chi connectivity index (χ1) is 18.2. The molecule has 0 spiro atoms. The molecule has 38 heavy (non-hydrogen) atoms. The molecule has 0 saturated carbocycles. The summed E-state index contributed by atoms with van der Waals surface area (Å²) in [6, 6.07) is 13.1. The van der Waals surface area contributed by atoms with Gasteiger partial charge in [0.15, 0.2) is 8.32 Å². The fourth-order valence-electron chi connectivity index (χ4n) is 5.61. The Morgan fingerprint density at radius 1 is 1.24 bits per heavy atom. The molecule has 202 valence electrons. The lowest BCUT2D eigenvalue weighted by atomic mass is 9.86. The second-order valence-corrected chi connectivity index (χ2v) is 14.7. The molecule has 2 aromatic carbocycles. The molecule has 3 heterocycles. The largest absolute Gasteiger partial charge is 0.490 e. The highest BCUT2D eigenvalue weighted by molar-refractivity contribution is 6.71. The molecule has 4 aromatic rings. The van der Waals surface area contributed by atoms with Gasteiger partial charge in [-0.2, -0.15) is 0 Å². The van der Waals surface area contributed by atoms with Gasteiger partial charge in [-0.3, -0.25) is 14.6 Å². The summed E-state index contributed by atoms with van der Waals surface area (Å²) in [7, 11) is -0.980. The Morgan fingerprint density at radius 2 is 2.03 bits per heavy atom. The van der Waals surface area contributed by atoms with Crippen molar-refractivity contribution < 1.29 is 19.4 Å². The minimum atomic E-state index is -2.66. The number of hydrogen-bond donors (Lipinski definition) is 3. The molecule has 4 atom stereocenters. The number of methoxy groups -OCH3 is 1. The highest BCUT2D eigenvalue weighted by atomic mass is 28.4. The van der Waals surface area contributed by atoms with Gasteiger partial charge in [0, 0.05) is 49.9 Å². The number of aryl methyl sites for hydroxylation is 1. The molecule has 0 fully saturated rings. The fraction of sp³-hybridized carbons (Fsp3) is 0.444. The van der Waals surface area contributed by atoms with Gasteiger partial charge in [0.1, 0.15) is 11.9 Å². The smallest absolute Gasteiger partial charge is 0.279 e. The van der Waals surface area contributed by atoms with Gasteiger partial charge in [0.05, 0.1) is 28.4 Å². The van der Waals surface area contributed by atoms with Gasteiger partial charge in [0.25, 0.3) is 5.56 Å². The average molecular weight is 538 g/mol. The monoisotopic (exact) mass is 537 g/mol. The molecule has 3 N–H and O–H groups in total. The maximum atomic E-state index is 13.0. The summed E-state index contributed by atoms with van der Waals surface area (Å²) >= 11 is 0. The van der Waals surface area contributed by atoms with E-state index in [1.807, 2.05) is 61.8 Å². The Balaban J connectivity index is 1.44. The van der Waals surface area contributed by atoms with Crippen LogP contribution in [0.4, 0.5) is 0 Å². The van der Waals surface area contributed by atoms with Crippen molar-refractivity contribution in [3.63, 3.8) is 0 Å². The van der Waals surface area contributed by atoms with Crippen LogP contribution in [0, 0.1) is 5.92 Å². The van der Waals surface area contributed by atoms with Crippen LogP contribution in [0.5, 0.6) is 5.75 Å². The minimum Gasteiger partial charge on any atom is -0.490 e. The highest BCUT2D eigenvalue weighted by Gasteiger charge is 2.46. The zero-order chi connectivity index (χ0) is 27.0. The maximum absolute atomic E-state index is 13.0. The average Bonchev–Trinajstić information content (AvgIpc) is 3.48. The lowest BCUT2D eigenvalue weighted by Crippen LogP contribution is -2.48. The van der Waals surface area contributed by atoms with Crippen LogP contribution in [-0.2, 0) is 17.7 Å². The molecule has 0 radical (unpaired) electrons. The Kier molecular flexibility index (Phi) is 7.27. The standard InChI is InChI=1S/C27H35N5O5Si/c1-17-25(36-2)21-15-19(32-27(34)20-7-5-6-8-22(20)29-32)9-10-23(21)37-26(17)24(38(3,4)35)11-13-31-16-18(12-14-33)28-30-31/h5-10,15-17,24-26,29,33,35H,11-14H2,1-4H3/t17-,24?,25-,26-/m0/s1. The van der Waals surface area contributed by atoms with Gasteiger partial charge in [-0.15, -0.1) is 5.10 Å². The number of benzene rings is 2. The number of aliphatic hydroxyl groups excluding tert-OH is 1. The number of aromatic amines is 1. The van der Waals surface area contributed by atoms with Crippen LogP contribution in [0.3, 0.4) is 0 Å². The molecular weight excluding hydrogens is 502 g/mol. The van der Waals surface area contributed by atoms with E-state index >= 15 is 0 Å². The Bertz CT molecular complexity index is 1470. The van der Waals surface area contributed by atoms with Crippen molar-refractivity contribution >= 4 is 19.2 Å². The predicted molar refractivity (Wildman–Crippen MR) is 146 cm³/mol. The molecule has 5 rings (SSSR count). The zero-order valence-corrected chi connectivity index (χ0v) is 23.2. The summed E-state index contributed by atoms with van der Waals surface area (Å²) in [6.45, 7) is 6.58. The number of aliphatic hydroxyl groups is 1. The number of para-hydroxylation sites is 1. The molecule has 1 aliphatic heterocycles. The quantitative estimate of drug-likeness (QED) is 0.280. The van der Waals surface area contributed by atoms with E-state index in [-0.39, 0.29) is 35.8 Å². The second kappa shape index (κ2) is 10.5. The first-order valence-electron chi connectivity index (χ1n) is 13.0. The van der Waals surface area contributed by atoms with Crippen molar-refractivity contribution in [3.05, 3.63) is 70.3 Å². The summed E-state index contributed by atoms with van der Waals surface area (Å²) in [5, 5.41) is 21.3. The molecule has 11 heteroatoms. The van der Waals surface area contributed by atoms with E-state index in [9.17, 15) is 9.59 Å². The Morgan fingerprint density at radius 3 is 2.74 bits per heavy atom. The highest BCUT2D eigenvalue weighted by Crippen LogP contribution is 2.47. The van der Waals surface area contributed by atoms with Crippen LogP contribution in [0.2, 0.25) is 18.6 Å². The number of rotatable bonds is 9. The lowest BCUT2D eigenvalue weighted by molar-refractivity contribution is -0.0247.